The van der Waals surface area contributed by atoms with Crippen LogP contribution in [0.2, 0.25) is 0 Å². The molecule has 0 aliphatic heterocycles. The zero-order valence-corrected chi connectivity index (χ0v) is 11.3. The molecule has 0 bridgehead atoms. The predicted octanol–water partition coefficient (Wildman–Crippen LogP) is -0.593. The lowest BCUT2D eigenvalue weighted by atomic mass is 10.5. The first-order valence-corrected chi connectivity index (χ1v) is 5.30. The number of nitrogens with zero attached hydrogens (tertiary/aromatic N) is 4. The lowest BCUT2D eigenvalue weighted by Gasteiger charge is -2.11. The summed E-state index contributed by atoms with van der Waals surface area (Å²) in [6, 6.07) is 0. The van der Waals surface area contributed by atoms with Gasteiger partial charge in [0.15, 0.2) is 5.65 Å². The molecule has 0 radical (unpaired) electrons. The van der Waals surface area contributed by atoms with Crippen molar-refractivity contribution < 1.29 is 0 Å². The first-order chi connectivity index (χ1) is 8.02. The quantitative estimate of drug-likeness (QED) is 0.811. The van der Waals surface area contributed by atoms with E-state index in [9.17, 15) is 9.59 Å². The molecular formula is C10H16ClN5O2. The van der Waals surface area contributed by atoms with Gasteiger partial charge in [-0.1, -0.05) is 0 Å². The molecule has 0 unspecified atom stereocenters. The first-order valence-electron chi connectivity index (χ1n) is 5.30. The van der Waals surface area contributed by atoms with E-state index >= 15 is 0 Å². The molecular weight excluding hydrogens is 258 g/mol. The van der Waals surface area contributed by atoms with E-state index in [4.69, 9.17) is 0 Å². The molecule has 0 saturated carbocycles. The number of fused-ring (bicyclic) bond motifs is 1. The second kappa shape index (κ2) is 5.36. The van der Waals surface area contributed by atoms with Crippen LogP contribution in [-0.4, -0.2) is 44.6 Å². The molecule has 0 amide bonds. The number of hydrogen-bond acceptors (Lipinski definition) is 4. The number of nitrogens with one attached hydrogen (secondary N) is 1. The molecule has 0 saturated heterocycles. The van der Waals surface area contributed by atoms with Crippen LogP contribution in [0.1, 0.15) is 0 Å². The van der Waals surface area contributed by atoms with Crippen molar-refractivity contribution in [3.05, 3.63) is 27.2 Å². The Balaban J connectivity index is 0.00000162. The summed E-state index contributed by atoms with van der Waals surface area (Å²) >= 11 is 0. The third-order valence-electron chi connectivity index (χ3n) is 2.68. The summed E-state index contributed by atoms with van der Waals surface area (Å²) in [4.78, 5) is 32.6. The summed E-state index contributed by atoms with van der Waals surface area (Å²) < 4.78 is 2.60. The summed E-state index contributed by atoms with van der Waals surface area (Å²) in [6.07, 6.45) is 1.42. The van der Waals surface area contributed by atoms with Crippen LogP contribution in [0, 0.1) is 0 Å². The Morgan fingerprint density at radius 2 is 2.06 bits per heavy atom. The fourth-order valence-electron chi connectivity index (χ4n) is 1.69. The molecule has 0 atom stereocenters. The number of imidazole rings is 1. The summed E-state index contributed by atoms with van der Waals surface area (Å²) in [5.41, 5.74) is 0.103. The SMILES string of the molecule is CN(C)CCn1c(=O)c2[nH]cnc2n(C)c1=O.Cl. The van der Waals surface area contributed by atoms with Gasteiger partial charge < -0.3 is 9.88 Å². The average molecular weight is 274 g/mol. The van der Waals surface area contributed by atoms with Crippen LogP contribution in [0.4, 0.5) is 0 Å². The monoisotopic (exact) mass is 273 g/mol. The summed E-state index contributed by atoms with van der Waals surface area (Å²) in [7, 11) is 5.39. The van der Waals surface area contributed by atoms with Crippen molar-refractivity contribution in [2.75, 3.05) is 20.6 Å². The molecule has 0 aromatic carbocycles. The first kappa shape index (κ1) is 14.5. The number of aryl methyl sites for hydroxylation is 1. The van der Waals surface area contributed by atoms with E-state index in [1.165, 1.54) is 15.5 Å². The Hall–Kier alpha value is -1.60. The number of rotatable bonds is 3. The molecule has 8 heteroatoms. The van der Waals surface area contributed by atoms with Crippen molar-refractivity contribution >= 4 is 23.6 Å². The average Bonchev–Trinajstić information content (AvgIpc) is 2.75. The Kier molecular flexibility index (Phi) is 4.31. The highest BCUT2D eigenvalue weighted by Crippen LogP contribution is 1.98. The van der Waals surface area contributed by atoms with Crippen molar-refractivity contribution in [2.24, 2.45) is 7.05 Å². The molecule has 0 aliphatic carbocycles. The molecule has 100 valence electrons. The van der Waals surface area contributed by atoms with Gasteiger partial charge in [-0.05, 0) is 14.1 Å². The predicted molar refractivity (Wildman–Crippen MR) is 71.4 cm³/mol. The maximum Gasteiger partial charge on any atom is 0.332 e. The second-order valence-electron chi connectivity index (χ2n) is 4.20. The number of aromatic amines is 1. The number of likely N-dealkylation sites (N-methyl/N-ethyl adjacent to an activating group) is 1. The van der Waals surface area contributed by atoms with Crippen LogP contribution in [0.15, 0.2) is 15.9 Å². The number of H-pyrrole nitrogens is 1. The Bertz CT molecular complexity index is 654. The van der Waals surface area contributed by atoms with Gasteiger partial charge in [0.05, 0.1) is 6.33 Å². The lowest BCUT2D eigenvalue weighted by Crippen LogP contribution is -2.41. The minimum Gasteiger partial charge on any atom is -0.339 e. The maximum absolute atomic E-state index is 12.0. The van der Waals surface area contributed by atoms with Crippen LogP contribution in [0.25, 0.3) is 11.2 Å². The Morgan fingerprint density at radius 1 is 1.39 bits per heavy atom. The van der Waals surface area contributed by atoms with Gasteiger partial charge in [-0.25, -0.2) is 9.78 Å². The number of aromatic nitrogens is 4. The maximum atomic E-state index is 12.0. The van der Waals surface area contributed by atoms with Crippen LogP contribution in [0.5, 0.6) is 0 Å². The minimum absolute atomic E-state index is 0. The van der Waals surface area contributed by atoms with E-state index in [1.54, 1.807) is 7.05 Å². The van der Waals surface area contributed by atoms with Gasteiger partial charge in [-0.3, -0.25) is 13.9 Å². The van der Waals surface area contributed by atoms with E-state index in [0.29, 0.717) is 24.3 Å². The highest BCUT2D eigenvalue weighted by molar-refractivity contribution is 5.85. The third kappa shape index (κ3) is 2.32. The van der Waals surface area contributed by atoms with Crippen molar-refractivity contribution in [1.29, 1.82) is 0 Å². The molecule has 2 aromatic rings. The highest BCUT2D eigenvalue weighted by Gasteiger charge is 2.12. The summed E-state index contributed by atoms with van der Waals surface area (Å²) in [5, 5.41) is 0. The molecule has 0 spiro atoms. The van der Waals surface area contributed by atoms with Crippen molar-refractivity contribution in [1.82, 2.24) is 24.0 Å². The van der Waals surface area contributed by atoms with Gasteiger partial charge in [0, 0.05) is 20.1 Å². The molecule has 2 aromatic heterocycles. The molecule has 7 nitrogen and oxygen atoms in total. The largest absolute Gasteiger partial charge is 0.339 e. The van der Waals surface area contributed by atoms with E-state index in [2.05, 4.69) is 9.97 Å². The van der Waals surface area contributed by atoms with Crippen molar-refractivity contribution in [2.45, 2.75) is 6.54 Å². The van der Waals surface area contributed by atoms with Crippen LogP contribution >= 0.6 is 12.4 Å². The van der Waals surface area contributed by atoms with Gasteiger partial charge in [0.2, 0.25) is 0 Å². The molecule has 2 rings (SSSR count). The van der Waals surface area contributed by atoms with Gasteiger partial charge in [-0.15, -0.1) is 12.4 Å². The van der Waals surface area contributed by atoms with E-state index in [-0.39, 0.29) is 23.7 Å². The normalized spacial score (nSPS) is 10.9. The Morgan fingerprint density at radius 3 is 2.67 bits per heavy atom. The fraction of sp³-hybridized carbons (Fsp3) is 0.500. The minimum atomic E-state index is -0.337. The Labute approximate surface area is 109 Å². The number of hydrogen-bond donors (Lipinski definition) is 1. The van der Waals surface area contributed by atoms with Gasteiger partial charge in [0.1, 0.15) is 5.52 Å². The zero-order valence-electron chi connectivity index (χ0n) is 10.5. The van der Waals surface area contributed by atoms with Crippen LogP contribution < -0.4 is 11.2 Å². The van der Waals surface area contributed by atoms with Gasteiger partial charge in [0.25, 0.3) is 5.56 Å². The molecule has 0 fully saturated rings. The van der Waals surface area contributed by atoms with Gasteiger partial charge in [-0.2, -0.15) is 0 Å². The standard InChI is InChI=1S/C10H15N5O2.ClH/c1-13(2)4-5-15-9(16)7-8(12-6-11-7)14(3)10(15)17;/h6H,4-5H2,1-3H3,(H,11,12);1H. The van der Waals surface area contributed by atoms with E-state index in [0.717, 1.165) is 0 Å². The molecule has 0 aliphatic rings. The molecule has 2 heterocycles. The fourth-order valence-corrected chi connectivity index (χ4v) is 1.69. The van der Waals surface area contributed by atoms with E-state index in [1.807, 2.05) is 19.0 Å². The van der Waals surface area contributed by atoms with Gasteiger partial charge >= 0.3 is 5.69 Å². The summed E-state index contributed by atoms with van der Waals surface area (Å²) in [5.74, 6) is 0. The topological polar surface area (TPSA) is 75.9 Å². The third-order valence-corrected chi connectivity index (χ3v) is 2.68. The smallest absolute Gasteiger partial charge is 0.332 e. The second-order valence-corrected chi connectivity index (χ2v) is 4.20. The lowest BCUT2D eigenvalue weighted by molar-refractivity contribution is 0.375. The van der Waals surface area contributed by atoms with Crippen LogP contribution in [-0.2, 0) is 13.6 Å². The number of halogens is 1. The molecule has 18 heavy (non-hydrogen) atoms. The van der Waals surface area contributed by atoms with Crippen LogP contribution in [0.3, 0.4) is 0 Å². The van der Waals surface area contributed by atoms with Crippen molar-refractivity contribution in [3.8, 4) is 0 Å². The molecule has 1 N–H and O–H groups in total. The zero-order chi connectivity index (χ0) is 12.6. The van der Waals surface area contributed by atoms with Crippen molar-refractivity contribution in [3.63, 3.8) is 0 Å². The summed E-state index contributed by atoms with van der Waals surface area (Å²) in [6.45, 7) is 1.00. The van der Waals surface area contributed by atoms with E-state index < -0.39 is 0 Å². The highest BCUT2D eigenvalue weighted by atomic mass is 35.5.